The lowest BCUT2D eigenvalue weighted by Gasteiger charge is -2.31. The van der Waals surface area contributed by atoms with Crippen molar-refractivity contribution in [2.45, 2.75) is 31.4 Å². The summed E-state index contributed by atoms with van der Waals surface area (Å²) in [6.45, 7) is 0.902. The molecule has 3 aromatic rings. The van der Waals surface area contributed by atoms with E-state index >= 15 is 0 Å². The number of fused-ring (bicyclic) bond motifs is 1. The molecule has 2 unspecified atom stereocenters. The highest BCUT2D eigenvalue weighted by Crippen LogP contribution is 2.32. The van der Waals surface area contributed by atoms with Crippen LogP contribution in [0.25, 0.3) is 11.3 Å². The Bertz CT molecular complexity index is 1250. The average molecular weight is 496 g/mol. The standard InChI is InChI=1S/C25H26ClN5O4/c1-35-22-11-17(18(26)13-27-22)19-12-20(30-29-19)25(34)31-8-6-14(7-9-31)24(33)28-23-16-5-3-2-4-15(16)10-21(23)32/h2-5,11-14,21,23,32H,6-10H2,1H3,(H,28,33)(H,29,30). The van der Waals surface area contributed by atoms with Crippen LogP contribution in [0.1, 0.15) is 40.5 Å². The molecule has 1 saturated heterocycles. The number of nitrogens with one attached hydrogen (secondary N) is 2. The molecule has 9 nitrogen and oxygen atoms in total. The number of ether oxygens (including phenoxy) is 1. The van der Waals surface area contributed by atoms with Crippen molar-refractivity contribution < 1.29 is 19.4 Å². The Morgan fingerprint density at radius 1 is 1.23 bits per heavy atom. The summed E-state index contributed by atoms with van der Waals surface area (Å²) in [5, 5.41) is 20.9. The van der Waals surface area contributed by atoms with Gasteiger partial charge in [-0.25, -0.2) is 4.98 Å². The number of carbonyl (C=O) groups is 2. The lowest BCUT2D eigenvalue weighted by atomic mass is 9.94. The maximum Gasteiger partial charge on any atom is 0.274 e. The molecule has 0 spiro atoms. The van der Waals surface area contributed by atoms with Crippen molar-refractivity contribution in [1.82, 2.24) is 25.4 Å². The number of rotatable bonds is 5. The highest BCUT2D eigenvalue weighted by molar-refractivity contribution is 6.33. The number of amides is 2. The Balaban J connectivity index is 1.20. The summed E-state index contributed by atoms with van der Waals surface area (Å²) in [6.07, 6.45) is 2.49. The van der Waals surface area contributed by atoms with Crippen molar-refractivity contribution in [3.05, 3.63) is 64.4 Å². The van der Waals surface area contributed by atoms with Crippen LogP contribution in [-0.4, -0.2) is 63.3 Å². The number of carbonyl (C=O) groups excluding carboxylic acids is 2. The van der Waals surface area contributed by atoms with Gasteiger partial charge in [-0.2, -0.15) is 5.10 Å². The maximum absolute atomic E-state index is 13.0. The predicted octanol–water partition coefficient (Wildman–Crippen LogP) is 2.76. The van der Waals surface area contributed by atoms with Gasteiger partial charge in [0.1, 0.15) is 0 Å². The number of hydrogen-bond donors (Lipinski definition) is 3. The molecule has 0 bridgehead atoms. The van der Waals surface area contributed by atoms with Crippen LogP contribution >= 0.6 is 11.6 Å². The lowest BCUT2D eigenvalue weighted by Crippen LogP contribution is -2.44. The molecule has 0 saturated carbocycles. The number of pyridine rings is 1. The van der Waals surface area contributed by atoms with Gasteiger partial charge in [0.2, 0.25) is 11.8 Å². The summed E-state index contributed by atoms with van der Waals surface area (Å²) in [5.74, 6) is -0.0949. The monoisotopic (exact) mass is 495 g/mol. The normalized spacial score (nSPS) is 19.9. The minimum atomic E-state index is -0.624. The fourth-order valence-corrected chi connectivity index (χ4v) is 5.04. The molecule has 10 heteroatoms. The fraction of sp³-hybridized carbons (Fsp3) is 0.360. The van der Waals surface area contributed by atoms with Crippen molar-refractivity contribution in [2.24, 2.45) is 5.92 Å². The van der Waals surface area contributed by atoms with E-state index in [1.165, 1.54) is 13.3 Å². The van der Waals surface area contributed by atoms with E-state index in [-0.39, 0.29) is 29.5 Å². The van der Waals surface area contributed by atoms with Gasteiger partial charge in [-0.3, -0.25) is 14.7 Å². The summed E-state index contributed by atoms with van der Waals surface area (Å²) >= 11 is 6.25. The van der Waals surface area contributed by atoms with Crippen LogP contribution in [0.4, 0.5) is 0 Å². The second kappa shape index (κ2) is 9.67. The fourth-order valence-electron chi connectivity index (χ4n) is 4.83. The number of halogens is 1. The van der Waals surface area contributed by atoms with E-state index in [2.05, 4.69) is 20.5 Å². The average Bonchev–Trinajstić information content (AvgIpc) is 3.49. The molecule has 2 atom stereocenters. The van der Waals surface area contributed by atoms with Crippen molar-refractivity contribution in [1.29, 1.82) is 0 Å². The number of aromatic nitrogens is 3. The SMILES string of the molecule is COc1cc(-c2cc(C(=O)N3CCC(C(=O)NC4c5ccccc5CC4O)CC3)n[nH]2)c(Cl)cn1. The summed E-state index contributed by atoms with van der Waals surface area (Å²) < 4.78 is 5.15. The molecule has 5 rings (SSSR count). The highest BCUT2D eigenvalue weighted by Gasteiger charge is 2.35. The topological polar surface area (TPSA) is 120 Å². The number of hydrogen-bond acceptors (Lipinski definition) is 6. The van der Waals surface area contributed by atoms with Crippen LogP contribution in [0, 0.1) is 5.92 Å². The summed E-state index contributed by atoms with van der Waals surface area (Å²) in [5.41, 5.74) is 3.54. The molecule has 1 fully saturated rings. The van der Waals surface area contributed by atoms with Gasteiger partial charge in [-0.1, -0.05) is 35.9 Å². The van der Waals surface area contributed by atoms with E-state index in [4.69, 9.17) is 16.3 Å². The molecule has 35 heavy (non-hydrogen) atoms. The molecular weight excluding hydrogens is 470 g/mol. The van der Waals surface area contributed by atoms with Gasteiger partial charge in [-0.05, 0) is 30.0 Å². The molecule has 2 aromatic heterocycles. The van der Waals surface area contributed by atoms with Crippen molar-refractivity contribution in [2.75, 3.05) is 20.2 Å². The quantitative estimate of drug-likeness (QED) is 0.500. The van der Waals surface area contributed by atoms with E-state index in [1.807, 2.05) is 24.3 Å². The third-order valence-electron chi connectivity index (χ3n) is 6.78. The Labute approximate surface area is 207 Å². The van der Waals surface area contributed by atoms with Crippen LogP contribution in [-0.2, 0) is 11.2 Å². The van der Waals surface area contributed by atoms with E-state index in [1.54, 1.807) is 17.0 Å². The first-order valence-corrected chi connectivity index (χ1v) is 11.9. The molecule has 3 N–H and O–H groups in total. The van der Waals surface area contributed by atoms with Gasteiger partial charge in [0.15, 0.2) is 5.69 Å². The number of aliphatic hydroxyl groups excluding tert-OH is 1. The molecule has 2 amide bonds. The molecule has 1 aliphatic carbocycles. The lowest BCUT2D eigenvalue weighted by molar-refractivity contribution is -0.127. The second-order valence-corrected chi connectivity index (χ2v) is 9.30. The van der Waals surface area contributed by atoms with E-state index < -0.39 is 6.10 Å². The molecule has 0 radical (unpaired) electrons. The second-order valence-electron chi connectivity index (χ2n) is 8.90. The zero-order chi connectivity index (χ0) is 24.5. The number of nitrogens with zero attached hydrogens (tertiary/aromatic N) is 3. The van der Waals surface area contributed by atoms with E-state index in [0.717, 1.165) is 11.1 Å². The summed E-state index contributed by atoms with van der Waals surface area (Å²) in [7, 11) is 1.51. The highest BCUT2D eigenvalue weighted by atomic mass is 35.5. The van der Waals surface area contributed by atoms with E-state index in [9.17, 15) is 14.7 Å². The van der Waals surface area contributed by atoms with Gasteiger partial charge in [0, 0.05) is 37.1 Å². The number of methoxy groups -OCH3 is 1. The Hall–Kier alpha value is -3.43. The summed E-state index contributed by atoms with van der Waals surface area (Å²) in [4.78, 5) is 31.7. The number of piperidine rings is 1. The largest absolute Gasteiger partial charge is 0.481 e. The zero-order valence-corrected chi connectivity index (χ0v) is 20.0. The van der Waals surface area contributed by atoms with Gasteiger partial charge in [0.25, 0.3) is 5.91 Å². The van der Waals surface area contributed by atoms with Crippen molar-refractivity contribution in [3.63, 3.8) is 0 Å². The van der Waals surface area contributed by atoms with Crippen molar-refractivity contribution >= 4 is 23.4 Å². The Morgan fingerprint density at radius 3 is 2.77 bits per heavy atom. The number of benzene rings is 1. The smallest absolute Gasteiger partial charge is 0.274 e. The van der Waals surface area contributed by atoms with Gasteiger partial charge in [-0.15, -0.1) is 0 Å². The number of aromatic amines is 1. The molecule has 1 aliphatic heterocycles. The Kier molecular flexibility index (Phi) is 6.44. The Morgan fingerprint density at radius 2 is 2.00 bits per heavy atom. The minimum absolute atomic E-state index is 0.0822. The van der Waals surface area contributed by atoms with E-state index in [0.29, 0.717) is 54.5 Å². The zero-order valence-electron chi connectivity index (χ0n) is 19.2. The van der Waals surface area contributed by atoms with Crippen LogP contribution in [0.3, 0.4) is 0 Å². The van der Waals surface area contributed by atoms with Crippen LogP contribution in [0.2, 0.25) is 5.02 Å². The third-order valence-corrected chi connectivity index (χ3v) is 7.08. The number of likely N-dealkylation sites (tertiary alicyclic amines) is 1. The summed E-state index contributed by atoms with van der Waals surface area (Å²) in [6, 6.07) is 10.7. The number of H-pyrrole nitrogens is 1. The van der Waals surface area contributed by atoms with Crippen molar-refractivity contribution in [3.8, 4) is 17.1 Å². The minimum Gasteiger partial charge on any atom is -0.481 e. The van der Waals surface area contributed by atoms with Crippen LogP contribution in [0.15, 0.2) is 42.6 Å². The first-order valence-electron chi connectivity index (χ1n) is 11.6. The number of aliphatic hydroxyl groups is 1. The van der Waals surface area contributed by atoms with Gasteiger partial charge >= 0.3 is 0 Å². The third kappa shape index (κ3) is 4.61. The van der Waals surface area contributed by atoms with Crippen LogP contribution < -0.4 is 10.1 Å². The first-order chi connectivity index (χ1) is 16.9. The molecular formula is C25H26ClN5O4. The maximum atomic E-state index is 13.0. The first kappa shape index (κ1) is 23.3. The molecule has 1 aromatic carbocycles. The van der Waals surface area contributed by atoms with Gasteiger partial charge < -0.3 is 20.1 Å². The molecule has 2 aliphatic rings. The van der Waals surface area contributed by atoms with Crippen LogP contribution in [0.5, 0.6) is 5.88 Å². The van der Waals surface area contributed by atoms with Gasteiger partial charge in [0.05, 0.1) is 36.2 Å². The predicted molar refractivity (Wildman–Crippen MR) is 129 cm³/mol. The molecule has 182 valence electrons. The molecule has 3 heterocycles.